The molecule has 3 rings (SSSR count). The number of aromatic nitrogens is 2. The molecule has 0 spiro atoms. The summed E-state index contributed by atoms with van der Waals surface area (Å²) in [6, 6.07) is 3.53. The maximum Gasteiger partial charge on any atom is 0.222 e. The van der Waals surface area contributed by atoms with Crippen molar-refractivity contribution in [3.63, 3.8) is 0 Å². The van der Waals surface area contributed by atoms with Crippen molar-refractivity contribution < 1.29 is 18.3 Å². The zero-order valence-electron chi connectivity index (χ0n) is 14.3. The van der Waals surface area contributed by atoms with E-state index in [0.717, 1.165) is 18.6 Å². The van der Waals surface area contributed by atoms with E-state index in [1.54, 1.807) is 0 Å². The highest BCUT2D eigenvalue weighted by Crippen LogP contribution is 2.18. The van der Waals surface area contributed by atoms with Gasteiger partial charge in [0.25, 0.3) is 0 Å². The quantitative estimate of drug-likeness (QED) is 0.621. The number of benzene rings is 1. The van der Waals surface area contributed by atoms with E-state index in [2.05, 4.69) is 27.9 Å². The Kier molecular flexibility index (Phi) is 6.05. The molecular formula is C20H18F2N2O2. The number of halogens is 2. The molecule has 1 aliphatic heterocycles. The van der Waals surface area contributed by atoms with Crippen LogP contribution in [-0.4, -0.2) is 29.5 Å². The van der Waals surface area contributed by atoms with Gasteiger partial charge in [-0.3, -0.25) is 0 Å². The fourth-order valence-corrected chi connectivity index (χ4v) is 2.41. The smallest absolute Gasteiger partial charge is 0.222 e. The lowest BCUT2D eigenvalue weighted by atomic mass is 10.1. The van der Waals surface area contributed by atoms with Crippen molar-refractivity contribution in [3.05, 3.63) is 59.9 Å². The first kappa shape index (κ1) is 18.2. The van der Waals surface area contributed by atoms with Crippen molar-refractivity contribution in [1.82, 2.24) is 9.97 Å². The lowest BCUT2D eigenvalue weighted by Crippen LogP contribution is -2.30. The molecule has 0 radical (unpaired) electrons. The van der Waals surface area contributed by atoms with Gasteiger partial charge in [-0.25, -0.2) is 18.7 Å². The number of allylic oxidation sites excluding steroid dienone is 2. The van der Waals surface area contributed by atoms with E-state index in [4.69, 9.17) is 9.47 Å². The molecule has 0 saturated carbocycles. The SMILES string of the molecule is C/C=C/CC1COC(C#Cc2cnc(-c3ccc(F)c(F)c3)nc2)OC1. The Labute approximate surface area is 150 Å². The van der Waals surface area contributed by atoms with Crippen LogP contribution in [0.4, 0.5) is 8.78 Å². The van der Waals surface area contributed by atoms with Crippen LogP contribution in [0, 0.1) is 29.4 Å². The molecule has 4 nitrogen and oxygen atoms in total. The summed E-state index contributed by atoms with van der Waals surface area (Å²) in [6.07, 6.45) is 7.51. The first-order valence-electron chi connectivity index (χ1n) is 8.29. The molecule has 1 saturated heterocycles. The minimum Gasteiger partial charge on any atom is -0.342 e. The van der Waals surface area contributed by atoms with Crippen LogP contribution in [0.15, 0.2) is 42.7 Å². The molecule has 2 heterocycles. The van der Waals surface area contributed by atoms with E-state index in [1.165, 1.54) is 18.5 Å². The summed E-state index contributed by atoms with van der Waals surface area (Å²) in [5, 5.41) is 0. The summed E-state index contributed by atoms with van der Waals surface area (Å²) in [5.74, 6) is 4.59. The molecule has 0 unspecified atom stereocenters. The van der Waals surface area contributed by atoms with Gasteiger partial charge in [0.05, 0.1) is 18.8 Å². The Morgan fingerprint density at radius 1 is 1.15 bits per heavy atom. The third-order valence-electron chi connectivity index (χ3n) is 3.84. The molecule has 6 heteroatoms. The van der Waals surface area contributed by atoms with E-state index in [-0.39, 0.29) is 0 Å². The molecule has 0 aliphatic carbocycles. The highest BCUT2D eigenvalue weighted by Gasteiger charge is 2.19. The molecule has 1 aliphatic rings. The van der Waals surface area contributed by atoms with Crippen molar-refractivity contribution >= 4 is 0 Å². The van der Waals surface area contributed by atoms with Gasteiger partial charge in [0.1, 0.15) is 0 Å². The number of hydrogen-bond donors (Lipinski definition) is 0. The van der Waals surface area contributed by atoms with Gasteiger partial charge < -0.3 is 9.47 Å². The van der Waals surface area contributed by atoms with E-state index >= 15 is 0 Å². The number of ether oxygens (including phenoxy) is 2. The van der Waals surface area contributed by atoms with Gasteiger partial charge in [-0.2, -0.15) is 0 Å². The largest absolute Gasteiger partial charge is 0.342 e. The molecule has 26 heavy (non-hydrogen) atoms. The first-order valence-corrected chi connectivity index (χ1v) is 8.29. The number of nitrogens with zero attached hydrogens (tertiary/aromatic N) is 2. The van der Waals surface area contributed by atoms with E-state index in [9.17, 15) is 8.78 Å². The van der Waals surface area contributed by atoms with Crippen LogP contribution in [0.25, 0.3) is 11.4 Å². The van der Waals surface area contributed by atoms with Gasteiger partial charge in [0, 0.05) is 23.9 Å². The summed E-state index contributed by atoms with van der Waals surface area (Å²) in [4.78, 5) is 8.27. The van der Waals surface area contributed by atoms with Crippen LogP contribution >= 0.6 is 0 Å². The van der Waals surface area contributed by atoms with Crippen molar-refractivity contribution in [3.8, 4) is 23.2 Å². The summed E-state index contributed by atoms with van der Waals surface area (Å²) in [6.45, 7) is 3.20. The number of rotatable bonds is 3. The highest BCUT2D eigenvalue weighted by molar-refractivity contribution is 5.55. The van der Waals surface area contributed by atoms with Crippen LogP contribution in [0.3, 0.4) is 0 Å². The zero-order valence-corrected chi connectivity index (χ0v) is 14.3. The van der Waals surface area contributed by atoms with Gasteiger partial charge >= 0.3 is 0 Å². The van der Waals surface area contributed by atoms with Crippen LogP contribution in [0.5, 0.6) is 0 Å². The second kappa shape index (κ2) is 8.65. The normalized spacial score (nSPS) is 20.0. The van der Waals surface area contributed by atoms with Gasteiger partial charge in [-0.1, -0.05) is 18.1 Å². The molecule has 0 amide bonds. The van der Waals surface area contributed by atoms with Crippen molar-refractivity contribution in [1.29, 1.82) is 0 Å². The van der Waals surface area contributed by atoms with Crippen LogP contribution in [0.1, 0.15) is 18.9 Å². The Bertz CT molecular complexity index is 833. The van der Waals surface area contributed by atoms with Crippen molar-refractivity contribution in [2.45, 2.75) is 19.6 Å². The minimum atomic E-state index is -0.936. The third-order valence-corrected chi connectivity index (χ3v) is 3.84. The fourth-order valence-electron chi connectivity index (χ4n) is 2.41. The lowest BCUT2D eigenvalue weighted by molar-refractivity contribution is -0.168. The number of hydrogen-bond acceptors (Lipinski definition) is 4. The van der Waals surface area contributed by atoms with Crippen LogP contribution < -0.4 is 0 Å². The standard InChI is InChI=1S/C20H18F2N2O2/c1-2-3-4-15-12-25-19(26-13-15)8-5-14-10-23-20(24-11-14)16-6-7-17(21)18(22)9-16/h2-3,6-7,9-11,15,19H,4,12-13H2,1H3/b3-2+. The molecule has 134 valence electrons. The topological polar surface area (TPSA) is 44.2 Å². The molecule has 1 aromatic carbocycles. The second-order valence-corrected chi connectivity index (χ2v) is 5.86. The van der Waals surface area contributed by atoms with Gasteiger partial charge in [-0.15, -0.1) is 0 Å². The Morgan fingerprint density at radius 3 is 2.54 bits per heavy atom. The predicted octanol–water partition coefficient (Wildman–Crippen LogP) is 3.73. The van der Waals surface area contributed by atoms with E-state index in [1.807, 2.05) is 13.0 Å². The lowest BCUT2D eigenvalue weighted by Gasteiger charge is -2.25. The van der Waals surface area contributed by atoms with Crippen LogP contribution in [-0.2, 0) is 9.47 Å². The van der Waals surface area contributed by atoms with E-state index < -0.39 is 17.9 Å². The first-order chi connectivity index (χ1) is 12.7. The van der Waals surface area contributed by atoms with Gasteiger partial charge in [0.15, 0.2) is 17.5 Å². The summed E-state index contributed by atoms with van der Waals surface area (Å²) >= 11 is 0. The van der Waals surface area contributed by atoms with Gasteiger partial charge in [0.2, 0.25) is 6.29 Å². The Hall–Kier alpha value is -2.62. The minimum absolute atomic E-state index is 0.298. The average Bonchev–Trinajstić information content (AvgIpc) is 2.68. The maximum absolute atomic E-state index is 13.3. The Balaban J connectivity index is 1.60. The third kappa shape index (κ3) is 4.72. The van der Waals surface area contributed by atoms with Crippen molar-refractivity contribution in [2.24, 2.45) is 5.92 Å². The molecular weight excluding hydrogens is 338 g/mol. The molecule has 0 bridgehead atoms. The Morgan fingerprint density at radius 2 is 1.88 bits per heavy atom. The summed E-state index contributed by atoms with van der Waals surface area (Å²) < 4.78 is 37.4. The second-order valence-electron chi connectivity index (χ2n) is 5.86. The fraction of sp³-hybridized carbons (Fsp3) is 0.300. The van der Waals surface area contributed by atoms with Crippen molar-refractivity contribution in [2.75, 3.05) is 13.2 Å². The molecule has 0 N–H and O–H groups in total. The monoisotopic (exact) mass is 356 g/mol. The summed E-state index contributed by atoms with van der Waals surface area (Å²) in [5.41, 5.74) is 0.981. The molecule has 0 atom stereocenters. The average molecular weight is 356 g/mol. The predicted molar refractivity (Wildman–Crippen MR) is 92.9 cm³/mol. The zero-order chi connectivity index (χ0) is 18.4. The van der Waals surface area contributed by atoms with Crippen LogP contribution in [0.2, 0.25) is 0 Å². The highest BCUT2D eigenvalue weighted by atomic mass is 19.2. The van der Waals surface area contributed by atoms with E-state index in [0.29, 0.717) is 36.1 Å². The molecule has 2 aromatic rings. The summed E-state index contributed by atoms with van der Waals surface area (Å²) in [7, 11) is 0. The van der Waals surface area contributed by atoms with Gasteiger partial charge in [-0.05, 0) is 37.5 Å². The molecule has 1 aromatic heterocycles. The maximum atomic E-state index is 13.3. The molecule has 1 fully saturated rings.